The molecule has 1 fully saturated rings. The standard InChI is InChI=1S/C12H12N2O5/c15-5-8-4-14(12(17)19-8)7-1-2-10-9(3-7)13-11(16)6-18-10/h1-3,8,15H,4-6H2,(H,13,16)/t8-/m0/s1. The number of nitrogens with zero attached hydrogens (tertiary/aromatic N) is 1. The lowest BCUT2D eigenvalue weighted by atomic mass is 10.2. The van der Waals surface area contributed by atoms with E-state index in [2.05, 4.69) is 5.32 Å². The van der Waals surface area contributed by atoms with Crippen molar-refractivity contribution in [3.05, 3.63) is 18.2 Å². The Balaban J connectivity index is 1.88. The second-order valence-corrected chi connectivity index (χ2v) is 4.32. The summed E-state index contributed by atoms with van der Waals surface area (Å²) in [5.41, 5.74) is 1.11. The zero-order valence-corrected chi connectivity index (χ0v) is 9.96. The monoisotopic (exact) mass is 264 g/mol. The molecule has 100 valence electrons. The Hall–Kier alpha value is -2.28. The highest BCUT2D eigenvalue weighted by atomic mass is 16.6. The van der Waals surface area contributed by atoms with Crippen molar-refractivity contribution in [3.63, 3.8) is 0 Å². The first kappa shape index (κ1) is 11.8. The maximum Gasteiger partial charge on any atom is 0.414 e. The Labute approximate surface area is 108 Å². The molecule has 0 radical (unpaired) electrons. The van der Waals surface area contributed by atoms with Crippen LogP contribution in [0, 0.1) is 0 Å². The molecule has 7 heteroatoms. The lowest BCUT2D eigenvalue weighted by Gasteiger charge is -2.20. The fraction of sp³-hybridized carbons (Fsp3) is 0.333. The highest BCUT2D eigenvalue weighted by Crippen LogP contribution is 2.33. The minimum absolute atomic E-state index is 0.00924. The van der Waals surface area contributed by atoms with Crippen LogP contribution >= 0.6 is 0 Å². The first-order valence-electron chi connectivity index (χ1n) is 5.83. The van der Waals surface area contributed by atoms with E-state index < -0.39 is 12.2 Å². The van der Waals surface area contributed by atoms with Gasteiger partial charge in [-0.05, 0) is 18.2 Å². The van der Waals surface area contributed by atoms with Crippen LogP contribution < -0.4 is 15.0 Å². The van der Waals surface area contributed by atoms with Gasteiger partial charge in [-0.15, -0.1) is 0 Å². The number of hydrogen-bond donors (Lipinski definition) is 2. The van der Waals surface area contributed by atoms with Crippen molar-refractivity contribution in [2.75, 3.05) is 30.0 Å². The number of rotatable bonds is 2. The normalized spacial score (nSPS) is 21.5. The van der Waals surface area contributed by atoms with Crippen molar-refractivity contribution in [1.82, 2.24) is 0 Å². The number of aliphatic hydroxyl groups is 1. The summed E-state index contributed by atoms with van der Waals surface area (Å²) in [7, 11) is 0. The molecule has 2 N–H and O–H groups in total. The van der Waals surface area contributed by atoms with Crippen LogP contribution in [0.15, 0.2) is 18.2 Å². The van der Waals surface area contributed by atoms with E-state index in [4.69, 9.17) is 14.6 Å². The molecule has 19 heavy (non-hydrogen) atoms. The molecule has 2 amide bonds. The molecule has 0 aromatic heterocycles. The van der Waals surface area contributed by atoms with Crippen LogP contribution in [0.1, 0.15) is 0 Å². The van der Waals surface area contributed by atoms with Gasteiger partial charge >= 0.3 is 6.09 Å². The highest BCUT2D eigenvalue weighted by Gasteiger charge is 2.32. The first-order chi connectivity index (χ1) is 9.17. The Morgan fingerprint density at radius 1 is 1.42 bits per heavy atom. The van der Waals surface area contributed by atoms with Gasteiger partial charge in [-0.3, -0.25) is 9.69 Å². The van der Waals surface area contributed by atoms with Crippen molar-refractivity contribution in [3.8, 4) is 5.75 Å². The molecular formula is C12H12N2O5. The number of ether oxygens (including phenoxy) is 2. The smallest absolute Gasteiger partial charge is 0.414 e. The van der Waals surface area contributed by atoms with Gasteiger partial charge < -0.3 is 19.9 Å². The number of aliphatic hydroxyl groups excluding tert-OH is 1. The van der Waals surface area contributed by atoms with E-state index in [1.807, 2.05) is 0 Å². The van der Waals surface area contributed by atoms with Crippen molar-refractivity contribution >= 4 is 23.4 Å². The van der Waals surface area contributed by atoms with Crippen LogP contribution in [0.4, 0.5) is 16.2 Å². The van der Waals surface area contributed by atoms with E-state index in [0.29, 0.717) is 17.1 Å². The number of anilines is 2. The molecule has 0 unspecified atom stereocenters. The van der Waals surface area contributed by atoms with E-state index in [-0.39, 0.29) is 25.7 Å². The molecule has 7 nitrogen and oxygen atoms in total. The number of amides is 2. The predicted molar refractivity (Wildman–Crippen MR) is 65.3 cm³/mol. The third kappa shape index (κ3) is 2.08. The lowest BCUT2D eigenvalue weighted by Crippen LogP contribution is -2.27. The summed E-state index contributed by atoms with van der Waals surface area (Å²) in [6, 6.07) is 5.04. The lowest BCUT2D eigenvalue weighted by molar-refractivity contribution is -0.118. The maximum atomic E-state index is 11.7. The van der Waals surface area contributed by atoms with Gasteiger partial charge in [0.1, 0.15) is 11.9 Å². The summed E-state index contributed by atoms with van der Waals surface area (Å²) >= 11 is 0. The average molecular weight is 264 g/mol. The molecule has 1 saturated heterocycles. The van der Waals surface area contributed by atoms with Crippen LogP contribution in [0.2, 0.25) is 0 Å². The molecule has 2 heterocycles. The predicted octanol–water partition coefficient (Wildman–Crippen LogP) is 0.335. The van der Waals surface area contributed by atoms with Gasteiger partial charge in [0, 0.05) is 5.69 Å². The van der Waals surface area contributed by atoms with Gasteiger partial charge in [-0.2, -0.15) is 0 Å². The molecule has 2 aliphatic heterocycles. The fourth-order valence-electron chi connectivity index (χ4n) is 2.07. The number of cyclic esters (lactones) is 1. The van der Waals surface area contributed by atoms with Crippen LogP contribution in [0.25, 0.3) is 0 Å². The molecule has 0 bridgehead atoms. The molecule has 3 rings (SSSR count). The quantitative estimate of drug-likeness (QED) is 0.804. The minimum atomic E-state index is -0.519. The van der Waals surface area contributed by atoms with Crippen molar-refractivity contribution in [1.29, 1.82) is 0 Å². The second kappa shape index (κ2) is 4.43. The Bertz CT molecular complexity index is 545. The Morgan fingerprint density at radius 3 is 3.00 bits per heavy atom. The van der Waals surface area contributed by atoms with Crippen LogP contribution in [0.3, 0.4) is 0 Å². The summed E-state index contributed by atoms with van der Waals surface area (Å²) in [6.45, 7) is 0.0562. The van der Waals surface area contributed by atoms with Crippen LogP contribution in [-0.4, -0.2) is 43.0 Å². The largest absolute Gasteiger partial charge is 0.482 e. The van der Waals surface area contributed by atoms with Gasteiger partial charge in [0.15, 0.2) is 6.61 Å². The van der Waals surface area contributed by atoms with Crippen molar-refractivity contribution in [2.45, 2.75) is 6.10 Å². The van der Waals surface area contributed by atoms with E-state index >= 15 is 0 Å². The molecule has 1 aromatic rings. The van der Waals surface area contributed by atoms with Crippen LogP contribution in [-0.2, 0) is 9.53 Å². The zero-order chi connectivity index (χ0) is 13.4. The van der Waals surface area contributed by atoms with Crippen LogP contribution in [0.5, 0.6) is 5.75 Å². The second-order valence-electron chi connectivity index (χ2n) is 4.32. The third-order valence-corrected chi connectivity index (χ3v) is 2.99. The van der Waals surface area contributed by atoms with E-state index in [1.165, 1.54) is 4.90 Å². The number of nitrogens with one attached hydrogen (secondary N) is 1. The third-order valence-electron chi connectivity index (χ3n) is 2.99. The molecule has 1 atom stereocenters. The zero-order valence-electron chi connectivity index (χ0n) is 9.96. The number of carbonyl (C=O) groups excluding carboxylic acids is 2. The molecule has 0 aliphatic carbocycles. The van der Waals surface area contributed by atoms with Crippen molar-refractivity contribution in [2.24, 2.45) is 0 Å². The number of fused-ring (bicyclic) bond motifs is 1. The first-order valence-corrected chi connectivity index (χ1v) is 5.83. The fourth-order valence-corrected chi connectivity index (χ4v) is 2.07. The average Bonchev–Trinajstić information content (AvgIpc) is 2.79. The van der Waals surface area contributed by atoms with E-state index in [9.17, 15) is 9.59 Å². The Kier molecular flexibility index (Phi) is 2.75. The molecule has 2 aliphatic rings. The maximum absolute atomic E-state index is 11.7. The summed E-state index contributed by atoms with van der Waals surface area (Å²) in [4.78, 5) is 24.3. The molecule has 0 saturated carbocycles. The minimum Gasteiger partial charge on any atom is -0.482 e. The van der Waals surface area contributed by atoms with E-state index in [1.54, 1.807) is 18.2 Å². The van der Waals surface area contributed by atoms with Gasteiger partial charge in [0.25, 0.3) is 5.91 Å². The molecule has 1 aromatic carbocycles. The number of carbonyl (C=O) groups is 2. The summed E-state index contributed by atoms with van der Waals surface area (Å²) < 4.78 is 10.2. The summed E-state index contributed by atoms with van der Waals surface area (Å²) in [6.07, 6.45) is -1.03. The van der Waals surface area contributed by atoms with Gasteiger partial charge in [-0.25, -0.2) is 4.79 Å². The molecule has 0 spiro atoms. The topological polar surface area (TPSA) is 88.1 Å². The highest BCUT2D eigenvalue weighted by molar-refractivity contribution is 5.97. The number of benzene rings is 1. The summed E-state index contributed by atoms with van der Waals surface area (Å²) in [5.74, 6) is 0.330. The van der Waals surface area contributed by atoms with E-state index in [0.717, 1.165) is 0 Å². The Morgan fingerprint density at radius 2 is 2.26 bits per heavy atom. The SMILES string of the molecule is O=C1COc2ccc(N3C[C@@H](CO)OC3=O)cc2N1. The number of hydrogen-bond acceptors (Lipinski definition) is 5. The molecular weight excluding hydrogens is 252 g/mol. The summed E-state index contributed by atoms with van der Waals surface area (Å²) in [5, 5.41) is 11.7. The van der Waals surface area contributed by atoms with Crippen molar-refractivity contribution < 1.29 is 24.2 Å². The van der Waals surface area contributed by atoms with Gasteiger partial charge in [-0.1, -0.05) is 0 Å². The van der Waals surface area contributed by atoms with Gasteiger partial charge in [0.2, 0.25) is 0 Å². The van der Waals surface area contributed by atoms with Gasteiger partial charge in [0.05, 0.1) is 18.8 Å².